The Balaban J connectivity index is 1.38. The van der Waals surface area contributed by atoms with Crippen molar-refractivity contribution in [3.8, 4) is 0 Å². The first-order valence-corrected chi connectivity index (χ1v) is 16.3. The van der Waals surface area contributed by atoms with Crippen LogP contribution >= 0.6 is 0 Å². The molecule has 6 rings (SSSR count). The first kappa shape index (κ1) is 35.2. The van der Waals surface area contributed by atoms with Gasteiger partial charge in [-0.25, -0.2) is 24.0 Å². The van der Waals surface area contributed by atoms with Gasteiger partial charge in [0.05, 0.1) is 27.8 Å². The number of hydrogen-bond acceptors (Lipinski definition) is 11. The van der Waals surface area contributed by atoms with Gasteiger partial charge in [0.15, 0.2) is 12.2 Å². The van der Waals surface area contributed by atoms with Gasteiger partial charge in [-0.2, -0.15) is 0 Å². The number of hydrogen-bond donors (Lipinski definition) is 0. The first-order chi connectivity index (χ1) is 25.4. The largest absolute Gasteiger partial charge is 0.458 e. The lowest BCUT2D eigenvalue weighted by Crippen LogP contribution is -2.47. The predicted molar refractivity (Wildman–Crippen MR) is 184 cm³/mol. The number of carbonyl (C=O) groups excluding carboxylic acids is 5. The first-order valence-electron chi connectivity index (χ1n) is 16.3. The fourth-order valence-electron chi connectivity index (χ4n) is 5.37. The summed E-state index contributed by atoms with van der Waals surface area (Å²) in [7, 11) is 0. The lowest BCUT2D eigenvalue weighted by molar-refractivity contribution is -0.156. The highest BCUT2D eigenvalue weighted by atomic mass is 16.8. The van der Waals surface area contributed by atoms with Crippen molar-refractivity contribution in [2.45, 2.75) is 30.7 Å². The van der Waals surface area contributed by atoms with Crippen LogP contribution in [0.25, 0.3) is 0 Å². The van der Waals surface area contributed by atoms with Crippen LogP contribution in [0.15, 0.2) is 152 Å². The Morgan fingerprint density at radius 1 is 0.442 bits per heavy atom. The second kappa shape index (κ2) is 16.9. The van der Waals surface area contributed by atoms with E-state index in [1.807, 2.05) is 0 Å². The zero-order chi connectivity index (χ0) is 36.3. The Labute approximate surface area is 298 Å². The van der Waals surface area contributed by atoms with E-state index in [4.69, 9.17) is 28.4 Å². The Hall–Kier alpha value is -6.59. The second-order valence-corrected chi connectivity index (χ2v) is 11.5. The van der Waals surface area contributed by atoms with Gasteiger partial charge in [0.25, 0.3) is 0 Å². The van der Waals surface area contributed by atoms with Crippen molar-refractivity contribution in [1.29, 1.82) is 0 Å². The average molecular weight is 701 g/mol. The molecule has 0 N–H and O–H groups in total. The Kier molecular flexibility index (Phi) is 11.4. The van der Waals surface area contributed by atoms with E-state index >= 15 is 0 Å². The van der Waals surface area contributed by atoms with Crippen LogP contribution in [0.1, 0.15) is 51.8 Å². The zero-order valence-electron chi connectivity index (χ0n) is 27.5. The minimum Gasteiger partial charge on any atom is -0.458 e. The van der Waals surface area contributed by atoms with E-state index in [-0.39, 0.29) is 27.8 Å². The van der Waals surface area contributed by atoms with Crippen molar-refractivity contribution in [3.63, 3.8) is 0 Å². The van der Waals surface area contributed by atoms with Gasteiger partial charge in [0, 0.05) is 0 Å². The molecular formula is C41H32O11. The summed E-state index contributed by atoms with van der Waals surface area (Å²) in [5.41, 5.74) is 0.837. The smallest absolute Gasteiger partial charge is 0.340 e. The summed E-state index contributed by atoms with van der Waals surface area (Å²) in [4.78, 5) is 67.0. The summed E-state index contributed by atoms with van der Waals surface area (Å²) < 4.78 is 35.3. The van der Waals surface area contributed by atoms with Crippen LogP contribution in [-0.4, -0.2) is 67.2 Å². The molecule has 11 heteroatoms. The van der Waals surface area contributed by atoms with Crippen molar-refractivity contribution in [3.05, 3.63) is 179 Å². The predicted octanol–water partition coefficient (Wildman–Crippen LogP) is 6.10. The monoisotopic (exact) mass is 700 g/mol. The number of ether oxygens (including phenoxy) is 6. The maximum Gasteiger partial charge on any atom is 0.340 e. The molecule has 5 atom stereocenters. The normalized spacial score (nSPS) is 18.3. The molecule has 0 unspecified atom stereocenters. The fourth-order valence-corrected chi connectivity index (χ4v) is 5.37. The molecular weight excluding hydrogens is 668 g/mol. The number of esters is 5. The zero-order valence-corrected chi connectivity index (χ0v) is 27.5. The van der Waals surface area contributed by atoms with Crippen LogP contribution in [-0.2, 0) is 28.4 Å². The topological polar surface area (TPSA) is 141 Å². The fraction of sp³-hybridized carbons (Fsp3) is 0.146. The molecule has 52 heavy (non-hydrogen) atoms. The summed E-state index contributed by atoms with van der Waals surface area (Å²) in [5.74, 6) is -4.08. The molecule has 1 heterocycles. The second-order valence-electron chi connectivity index (χ2n) is 11.5. The quantitative estimate of drug-likeness (QED) is 0.110. The van der Waals surface area contributed by atoms with Crippen LogP contribution < -0.4 is 0 Å². The minimum atomic E-state index is -1.68. The van der Waals surface area contributed by atoms with Crippen LogP contribution in [0.2, 0.25) is 0 Å². The van der Waals surface area contributed by atoms with Gasteiger partial charge < -0.3 is 28.4 Å². The van der Waals surface area contributed by atoms with E-state index < -0.39 is 67.2 Å². The highest BCUT2D eigenvalue weighted by Gasteiger charge is 2.56. The molecule has 0 spiro atoms. The van der Waals surface area contributed by atoms with Crippen molar-refractivity contribution in [2.24, 2.45) is 0 Å². The van der Waals surface area contributed by atoms with Gasteiger partial charge >= 0.3 is 29.8 Å². The van der Waals surface area contributed by atoms with E-state index in [2.05, 4.69) is 0 Å². The van der Waals surface area contributed by atoms with Gasteiger partial charge in [-0.15, -0.1) is 0 Å². The highest BCUT2D eigenvalue weighted by Crippen LogP contribution is 2.33. The average Bonchev–Trinajstić information content (AvgIpc) is 3.52. The van der Waals surface area contributed by atoms with Crippen molar-refractivity contribution in [2.75, 3.05) is 6.61 Å². The third-order valence-corrected chi connectivity index (χ3v) is 7.97. The van der Waals surface area contributed by atoms with Crippen molar-refractivity contribution >= 4 is 29.8 Å². The summed E-state index contributed by atoms with van der Waals surface area (Å²) in [5, 5.41) is 0. The minimum absolute atomic E-state index is 0.146. The molecule has 262 valence electrons. The van der Waals surface area contributed by atoms with Crippen LogP contribution in [0.4, 0.5) is 0 Å². The van der Waals surface area contributed by atoms with Crippen LogP contribution in [0.3, 0.4) is 0 Å². The third kappa shape index (κ3) is 8.76. The summed E-state index contributed by atoms with van der Waals surface area (Å²) in [6.07, 6.45) is -7.79. The SMILES string of the molecule is O=C(OC[C@@H](OC(=O)c1ccccc1)[C@H]1O[C@@H](OC(=O)c2ccccc2)[C@@H](OC(=O)c2ccccc2)[C@H]1OC(=O)c1ccccc1)c1ccccc1. The van der Waals surface area contributed by atoms with Crippen molar-refractivity contribution in [1.82, 2.24) is 0 Å². The molecule has 0 bridgehead atoms. The van der Waals surface area contributed by atoms with Crippen LogP contribution in [0, 0.1) is 0 Å². The van der Waals surface area contributed by atoms with Crippen molar-refractivity contribution < 1.29 is 52.4 Å². The molecule has 0 amide bonds. The summed E-state index contributed by atoms with van der Waals surface area (Å²) in [6.45, 7) is -0.588. The van der Waals surface area contributed by atoms with E-state index in [1.54, 1.807) is 103 Å². The molecule has 5 aromatic carbocycles. The number of benzene rings is 5. The Morgan fingerprint density at radius 3 is 1.21 bits per heavy atom. The van der Waals surface area contributed by atoms with Gasteiger partial charge in [0.1, 0.15) is 12.7 Å². The molecule has 1 saturated heterocycles. The van der Waals surface area contributed by atoms with Gasteiger partial charge in [-0.3, -0.25) is 0 Å². The molecule has 0 saturated carbocycles. The van der Waals surface area contributed by atoms with Crippen LogP contribution in [0.5, 0.6) is 0 Å². The number of carbonyl (C=O) groups is 5. The number of rotatable bonds is 12. The molecule has 11 nitrogen and oxygen atoms in total. The third-order valence-electron chi connectivity index (χ3n) is 7.97. The van der Waals surface area contributed by atoms with E-state index in [0.29, 0.717) is 0 Å². The lowest BCUT2D eigenvalue weighted by atomic mass is 10.0. The Morgan fingerprint density at radius 2 is 0.788 bits per heavy atom. The Bertz CT molecular complexity index is 1970. The van der Waals surface area contributed by atoms with E-state index in [0.717, 1.165) is 0 Å². The maximum atomic E-state index is 13.6. The summed E-state index contributed by atoms with van der Waals surface area (Å²) in [6, 6.07) is 40.1. The molecule has 0 radical (unpaired) electrons. The van der Waals surface area contributed by atoms with E-state index in [1.165, 1.54) is 48.5 Å². The molecule has 1 fully saturated rings. The van der Waals surface area contributed by atoms with Gasteiger partial charge in [-0.1, -0.05) is 91.0 Å². The maximum absolute atomic E-state index is 13.6. The molecule has 1 aliphatic heterocycles. The summed E-state index contributed by atoms with van der Waals surface area (Å²) >= 11 is 0. The highest BCUT2D eigenvalue weighted by molar-refractivity contribution is 5.92. The van der Waals surface area contributed by atoms with Gasteiger partial charge in [0.2, 0.25) is 12.4 Å². The van der Waals surface area contributed by atoms with E-state index in [9.17, 15) is 24.0 Å². The molecule has 5 aromatic rings. The standard InChI is InChI=1S/C41H32O11/c42-36(27-16-6-1-7-17-27)47-26-32(48-37(43)28-18-8-2-9-19-28)33-34(49-38(44)29-20-10-3-11-21-29)35(50-39(45)30-22-12-4-13-23-30)41(51-33)52-40(46)31-24-14-5-15-25-31/h1-25,32-35,41H,26H2/t32-,33-,34+,35+,41+/m1/s1. The molecule has 1 aliphatic rings. The lowest BCUT2D eigenvalue weighted by Gasteiger charge is -2.28. The molecule has 0 aromatic heterocycles. The van der Waals surface area contributed by atoms with Gasteiger partial charge in [-0.05, 0) is 60.7 Å². The molecule has 0 aliphatic carbocycles.